The molecule has 3 heterocycles. The van der Waals surface area contributed by atoms with Crippen molar-refractivity contribution in [3.05, 3.63) is 36.0 Å². The first kappa shape index (κ1) is 21.8. The average molecular weight is 438 g/mol. The number of alkyl halides is 4. The second-order valence-corrected chi connectivity index (χ2v) is 8.55. The van der Waals surface area contributed by atoms with Gasteiger partial charge in [-0.25, -0.2) is 4.39 Å². The van der Waals surface area contributed by atoms with Crippen LogP contribution in [0.2, 0.25) is 0 Å². The van der Waals surface area contributed by atoms with Gasteiger partial charge in [-0.3, -0.25) is 14.7 Å². The molecule has 168 valence electrons. The summed E-state index contributed by atoms with van der Waals surface area (Å²) in [4.78, 5) is 22.2. The maximum atomic E-state index is 13.6. The van der Waals surface area contributed by atoms with Gasteiger partial charge >= 0.3 is 6.18 Å². The van der Waals surface area contributed by atoms with E-state index in [4.69, 9.17) is 0 Å². The van der Waals surface area contributed by atoms with E-state index in [0.717, 1.165) is 12.5 Å². The van der Waals surface area contributed by atoms with Crippen molar-refractivity contribution in [3.8, 4) is 0 Å². The predicted octanol–water partition coefficient (Wildman–Crippen LogP) is 3.72. The number of likely N-dealkylation sites (tertiary alicyclic amines) is 2. The van der Waals surface area contributed by atoms with Gasteiger partial charge in [0.15, 0.2) is 0 Å². The van der Waals surface area contributed by atoms with Gasteiger partial charge in [-0.2, -0.15) is 13.2 Å². The molecule has 2 aliphatic rings. The van der Waals surface area contributed by atoms with Crippen LogP contribution in [0.15, 0.2) is 30.5 Å². The van der Waals surface area contributed by atoms with Crippen LogP contribution < -0.4 is 4.90 Å². The van der Waals surface area contributed by atoms with E-state index in [1.165, 1.54) is 12.3 Å². The number of hydrogen-bond acceptors (Lipinski definition) is 4. The molecular formula is C22H26F4N4O. The number of fused-ring (bicyclic) bond motifs is 1. The van der Waals surface area contributed by atoms with Gasteiger partial charge < -0.3 is 9.80 Å². The highest BCUT2D eigenvalue weighted by Gasteiger charge is 2.36. The van der Waals surface area contributed by atoms with Gasteiger partial charge in [-0.15, -0.1) is 0 Å². The number of halogens is 4. The number of carbonyl (C=O) groups is 1. The molecule has 5 nitrogen and oxygen atoms in total. The highest BCUT2D eigenvalue weighted by molar-refractivity contribution is 5.94. The summed E-state index contributed by atoms with van der Waals surface area (Å²) in [6.07, 6.45) is -2.90. The minimum Gasteiger partial charge on any atom is -0.370 e. The largest absolute Gasteiger partial charge is 0.418 e. The van der Waals surface area contributed by atoms with E-state index in [1.807, 2.05) is 23.8 Å². The molecule has 2 fully saturated rings. The molecule has 4 rings (SSSR count). The number of nitrogens with zero attached hydrogens (tertiary/aromatic N) is 4. The number of hydrogen-bond donors (Lipinski definition) is 0. The van der Waals surface area contributed by atoms with Crippen molar-refractivity contribution < 1.29 is 22.4 Å². The van der Waals surface area contributed by atoms with Gasteiger partial charge in [-0.1, -0.05) is 0 Å². The Balaban J connectivity index is 1.48. The van der Waals surface area contributed by atoms with Crippen molar-refractivity contribution in [2.75, 3.05) is 38.1 Å². The molecule has 0 unspecified atom stereocenters. The van der Waals surface area contributed by atoms with Crippen molar-refractivity contribution >= 4 is 22.5 Å². The zero-order valence-corrected chi connectivity index (χ0v) is 17.6. The summed E-state index contributed by atoms with van der Waals surface area (Å²) in [6, 6.07) is 5.83. The topological polar surface area (TPSA) is 39.7 Å². The number of likely N-dealkylation sites (N-methyl/N-ethyl adjacent to an activating group) is 1. The molecule has 2 aliphatic heterocycles. The Hall–Kier alpha value is -2.42. The molecule has 1 amide bonds. The molecule has 0 saturated carbocycles. The summed E-state index contributed by atoms with van der Waals surface area (Å²) in [5.74, 6) is -0.0693. The van der Waals surface area contributed by atoms with Crippen molar-refractivity contribution in [3.63, 3.8) is 0 Å². The molecule has 2 saturated heterocycles. The smallest absolute Gasteiger partial charge is 0.370 e. The van der Waals surface area contributed by atoms with E-state index in [0.29, 0.717) is 30.6 Å². The monoisotopic (exact) mass is 438 g/mol. The van der Waals surface area contributed by atoms with Crippen LogP contribution in [0, 0.1) is 0 Å². The van der Waals surface area contributed by atoms with Crippen LogP contribution in [0.25, 0.3) is 10.9 Å². The van der Waals surface area contributed by atoms with E-state index >= 15 is 0 Å². The molecule has 0 radical (unpaired) electrons. The zero-order chi connectivity index (χ0) is 22.3. The van der Waals surface area contributed by atoms with Crippen LogP contribution in [0.3, 0.4) is 0 Å². The fraction of sp³-hybridized carbons (Fsp3) is 0.545. The van der Waals surface area contributed by atoms with Gasteiger partial charge in [0.05, 0.1) is 24.2 Å². The second-order valence-electron chi connectivity index (χ2n) is 8.55. The Labute approximate surface area is 178 Å². The predicted molar refractivity (Wildman–Crippen MR) is 111 cm³/mol. The van der Waals surface area contributed by atoms with Crippen LogP contribution >= 0.6 is 0 Å². The number of amides is 1. The molecule has 0 spiro atoms. The third-order valence-corrected chi connectivity index (χ3v) is 6.43. The van der Waals surface area contributed by atoms with Crippen LogP contribution in [0.4, 0.5) is 23.2 Å². The Morgan fingerprint density at radius 2 is 2.03 bits per heavy atom. The number of carbonyl (C=O) groups excluding carboxylic acids is 1. The molecule has 0 N–H and O–H groups in total. The Morgan fingerprint density at radius 3 is 2.71 bits per heavy atom. The summed E-state index contributed by atoms with van der Waals surface area (Å²) in [5, 5.41) is 0.453. The molecule has 1 aromatic carbocycles. The molecule has 2 aromatic rings. The van der Waals surface area contributed by atoms with E-state index in [1.54, 1.807) is 17.0 Å². The molecule has 0 bridgehead atoms. The van der Waals surface area contributed by atoms with Gasteiger partial charge in [0.1, 0.15) is 6.17 Å². The van der Waals surface area contributed by atoms with Gasteiger partial charge in [0.2, 0.25) is 5.91 Å². The van der Waals surface area contributed by atoms with Gasteiger partial charge in [0, 0.05) is 55.9 Å². The fourth-order valence-electron chi connectivity index (χ4n) is 4.76. The summed E-state index contributed by atoms with van der Waals surface area (Å²) in [5.41, 5.74) is -0.124. The molecule has 31 heavy (non-hydrogen) atoms. The highest BCUT2D eigenvalue weighted by atomic mass is 19.4. The summed E-state index contributed by atoms with van der Waals surface area (Å²) in [6.45, 7) is 3.57. The normalized spacial score (nSPS) is 24.8. The SMILES string of the molecule is C[C@@H]1C[C@H](F)CN1C(=O)CN1CC[C@H](N(C)c2ccc(C(F)(F)F)c3ncccc23)C1. The van der Waals surface area contributed by atoms with Crippen molar-refractivity contribution in [1.29, 1.82) is 0 Å². The van der Waals surface area contributed by atoms with Crippen molar-refractivity contribution in [1.82, 2.24) is 14.8 Å². The Morgan fingerprint density at radius 1 is 1.26 bits per heavy atom. The minimum absolute atomic E-state index is 0.0536. The van der Waals surface area contributed by atoms with E-state index in [9.17, 15) is 22.4 Å². The molecule has 1 aromatic heterocycles. The van der Waals surface area contributed by atoms with Crippen LogP contribution in [-0.4, -0.2) is 72.2 Å². The van der Waals surface area contributed by atoms with E-state index < -0.39 is 17.9 Å². The number of aromatic nitrogens is 1. The number of rotatable bonds is 4. The second kappa shape index (κ2) is 8.26. The minimum atomic E-state index is -4.47. The molecule has 3 atom stereocenters. The summed E-state index contributed by atoms with van der Waals surface area (Å²) < 4.78 is 53.7. The maximum absolute atomic E-state index is 13.6. The molecule has 9 heteroatoms. The van der Waals surface area contributed by atoms with Crippen molar-refractivity contribution in [2.45, 2.75) is 44.2 Å². The molecular weight excluding hydrogens is 412 g/mol. The fourth-order valence-corrected chi connectivity index (χ4v) is 4.76. The number of pyridine rings is 1. The van der Waals surface area contributed by atoms with E-state index in [2.05, 4.69) is 4.98 Å². The first-order valence-corrected chi connectivity index (χ1v) is 10.5. The first-order chi connectivity index (χ1) is 14.6. The van der Waals surface area contributed by atoms with Crippen LogP contribution in [0.1, 0.15) is 25.3 Å². The lowest BCUT2D eigenvalue weighted by Crippen LogP contribution is -2.42. The number of benzene rings is 1. The van der Waals surface area contributed by atoms with Gasteiger partial charge in [0.25, 0.3) is 0 Å². The van der Waals surface area contributed by atoms with Crippen LogP contribution in [-0.2, 0) is 11.0 Å². The van der Waals surface area contributed by atoms with Gasteiger partial charge in [-0.05, 0) is 37.6 Å². The standard InChI is InChI=1S/C22H26F4N4O/c1-14-10-15(23)11-30(14)20(31)13-29-9-7-16(12-29)28(2)19-6-5-18(22(24,25)26)21-17(19)4-3-8-27-21/h3-6,8,14-16H,7,9-13H2,1-2H3/t14-,15+,16+/m1/s1. The lowest BCUT2D eigenvalue weighted by atomic mass is 10.1. The summed E-state index contributed by atoms with van der Waals surface area (Å²) >= 11 is 0. The number of anilines is 1. The quantitative estimate of drug-likeness (QED) is 0.683. The molecule has 0 aliphatic carbocycles. The van der Waals surface area contributed by atoms with E-state index in [-0.39, 0.29) is 36.6 Å². The summed E-state index contributed by atoms with van der Waals surface area (Å²) in [7, 11) is 1.86. The third kappa shape index (κ3) is 4.33. The highest BCUT2D eigenvalue weighted by Crippen LogP contribution is 2.38. The Kier molecular flexibility index (Phi) is 5.81. The third-order valence-electron chi connectivity index (χ3n) is 6.43. The Bertz CT molecular complexity index is 966. The first-order valence-electron chi connectivity index (χ1n) is 10.5. The lowest BCUT2D eigenvalue weighted by molar-refractivity contribution is -0.136. The lowest BCUT2D eigenvalue weighted by Gasteiger charge is -2.29. The van der Waals surface area contributed by atoms with Crippen molar-refractivity contribution in [2.24, 2.45) is 0 Å². The average Bonchev–Trinajstić information content (AvgIpc) is 3.31. The zero-order valence-electron chi connectivity index (χ0n) is 17.6. The maximum Gasteiger partial charge on any atom is 0.418 e. The van der Waals surface area contributed by atoms with Crippen LogP contribution in [0.5, 0.6) is 0 Å².